The highest BCUT2D eigenvalue weighted by Crippen LogP contribution is 2.26. The molecule has 0 saturated carbocycles. The number of thioether (sulfide) groups is 1. The van der Waals surface area contributed by atoms with Crippen LogP contribution in [0, 0.1) is 12.8 Å². The van der Waals surface area contributed by atoms with Crippen LogP contribution in [0.25, 0.3) is 11.6 Å². The first-order valence-electron chi connectivity index (χ1n) is 8.10. The second kappa shape index (κ2) is 7.70. The van der Waals surface area contributed by atoms with E-state index in [1.165, 1.54) is 11.8 Å². The summed E-state index contributed by atoms with van der Waals surface area (Å²) in [6.45, 7) is 4.96. The fourth-order valence-electron chi connectivity index (χ4n) is 2.93. The lowest BCUT2D eigenvalue weighted by Crippen LogP contribution is -2.36. The van der Waals surface area contributed by atoms with Crippen LogP contribution in [0.2, 0.25) is 0 Å². The van der Waals surface area contributed by atoms with E-state index >= 15 is 0 Å². The third-order valence-electron chi connectivity index (χ3n) is 4.08. The molecular weight excluding hydrogens is 358 g/mol. The molecule has 3 heterocycles. The number of nitrogens with zero attached hydrogens (tertiary/aromatic N) is 3. The molecule has 2 aromatic heterocycles. The van der Waals surface area contributed by atoms with Crippen LogP contribution in [0.4, 0.5) is 0 Å². The number of rotatable bonds is 3. The molecule has 25 heavy (non-hydrogen) atoms. The molecule has 2 atom stereocenters. The van der Waals surface area contributed by atoms with Crippen molar-refractivity contribution in [3.8, 4) is 11.6 Å². The minimum Gasteiger partial charge on any atom is -0.461 e. The molecule has 0 N–H and O–H groups in total. The van der Waals surface area contributed by atoms with Gasteiger partial charge in [-0.05, 0) is 31.2 Å². The summed E-state index contributed by atoms with van der Waals surface area (Å²) in [6.07, 6.45) is 3.47. The molecule has 134 valence electrons. The predicted molar refractivity (Wildman–Crippen MR) is 99.2 cm³/mol. The van der Waals surface area contributed by atoms with Crippen molar-refractivity contribution in [3.63, 3.8) is 0 Å². The van der Waals surface area contributed by atoms with E-state index < -0.39 is 10.8 Å². The Morgan fingerprint density at radius 3 is 2.92 bits per heavy atom. The largest absolute Gasteiger partial charge is 0.461 e. The van der Waals surface area contributed by atoms with Crippen molar-refractivity contribution < 1.29 is 13.4 Å². The van der Waals surface area contributed by atoms with E-state index in [9.17, 15) is 9.00 Å². The Hall–Kier alpha value is -1.67. The van der Waals surface area contributed by atoms with Crippen molar-refractivity contribution in [1.29, 1.82) is 0 Å². The minimum absolute atomic E-state index is 0.0846. The van der Waals surface area contributed by atoms with E-state index in [2.05, 4.69) is 9.97 Å². The third-order valence-corrected chi connectivity index (χ3v) is 6.34. The molecule has 0 aromatic carbocycles. The van der Waals surface area contributed by atoms with Crippen LogP contribution in [0.15, 0.2) is 27.8 Å². The molecule has 1 saturated heterocycles. The first kappa shape index (κ1) is 18.1. The third kappa shape index (κ3) is 3.95. The van der Waals surface area contributed by atoms with Gasteiger partial charge in [-0.25, -0.2) is 9.97 Å². The van der Waals surface area contributed by atoms with Crippen LogP contribution >= 0.6 is 11.8 Å². The second-order valence-corrected chi connectivity index (χ2v) is 8.58. The highest BCUT2D eigenvalue weighted by molar-refractivity contribution is 7.98. The van der Waals surface area contributed by atoms with Gasteiger partial charge in [0.1, 0.15) is 5.03 Å². The maximum atomic E-state index is 13.1. The molecule has 1 aliphatic heterocycles. The quantitative estimate of drug-likeness (QED) is 0.603. The molecule has 0 unspecified atom stereocenters. The highest BCUT2D eigenvalue weighted by Gasteiger charge is 2.28. The van der Waals surface area contributed by atoms with Crippen molar-refractivity contribution >= 4 is 28.5 Å². The zero-order valence-electron chi connectivity index (χ0n) is 14.5. The van der Waals surface area contributed by atoms with Crippen molar-refractivity contribution in [2.45, 2.75) is 18.9 Å². The zero-order chi connectivity index (χ0) is 18.0. The average Bonchev–Trinajstić information content (AvgIpc) is 3.05. The number of hydrogen-bond acceptors (Lipinski definition) is 6. The molecule has 1 fully saturated rings. The maximum Gasteiger partial charge on any atom is 0.258 e. The number of carbonyl (C=O) groups is 1. The number of amides is 1. The van der Waals surface area contributed by atoms with E-state index in [4.69, 9.17) is 4.42 Å². The standard InChI is InChI=1S/C17H21N3O3S2/c1-11-9-20(6-8-25(22)10-11)17(21)14-12(2)18-15(19-16(14)24-3)13-5-4-7-23-13/h4-5,7,11H,6,8-10H2,1-3H3/t11-,25-/m0/s1. The van der Waals surface area contributed by atoms with E-state index in [0.717, 1.165) is 0 Å². The number of carbonyl (C=O) groups excluding carboxylic acids is 1. The molecular formula is C17H21N3O3S2. The summed E-state index contributed by atoms with van der Waals surface area (Å²) < 4.78 is 17.3. The van der Waals surface area contributed by atoms with Gasteiger partial charge >= 0.3 is 0 Å². The van der Waals surface area contributed by atoms with E-state index in [1.54, 1.807) is 23.3 Å². The van der Waals surface area contributed by atoms with Gasteiger partial charge in [0, 0.05) is 35.4 Å². The van der Waals surface area contributed by atoms with Crippen LogP contribution < -0.4 is 0 Å². The van der Waals surface area contributed by atoms with Gasteiger partial charge in [-0.2, -0.15) is 0 Å². The first-order chi connectivity index (χ1) is 12.0. The molecule has 0 aliphatic carbocycles. The summed E-state index contributed by atoms with van der Waals surface area (Å²) in [5, 5.41) is 0.641. The summed E-state index contributed by atoms with van der Waals surface area (Å²) in [5.74, 6) is 2.36. The number of aromatic nitrogens is 2. The summed E-state index contributed by atoms with van der Waals surface area (Å²) in [6, 6.07) is 3.58. The molecule has 0 spiro atoms. The molecule has 0 radical (unpaired) electrons. The molecule has 1 aliphatic rings. The Labute approximate surface area is 153 Å². The SMILES string of the molecule is CSc1nc(-c2ccco2)nc(C)c1C(=O)N1CC[S@](=O)C[C@@H](C)C1. The summed E-state index contributed by atoms with van der Waals surface area (Å²) >= 11 is 1.42. The first-order valence-corrected chi connectivity index (χ1v) is 10.8. The Balaban J connectivity index is 1.95. The van der Waals surface area contributed by atoms with Gasteiger partial charge in [-0.15, -0.1) is 11.8 Å². The smallest absolute Gasteiger partial charge is 0.258 e. The number of furan rings is 1. The monoisotopic (exact) mass is 379 g/mol. The van der Waals surface area contributed by atoms with Crippen molar-refractivity contribution in [2.75, 3.05) is 30.9 Å². The van der Waals surface area contributed by atoms with E-state index in [1.807, 2.05) is 20.1 Å². The van der Waals surface area contributed by atoms with Crippen LogP contribution in [0.1, 0.15) is 23.0 Å². The van der Waals surface area contributed by atoms with Crippen LogP contribution in [0.5, 0.6) is 0 Å². The molecule has 8 heteroatoms. The Bertz CT molecular complexity index is 793. The van der Waals surface area contributed by atoms with Gasteiger partial charge in [0.25, 0.3) is 5.91 Å². The molecule has 3 rings (SSSR count). The van der Waals surface area contributed by atoms with Crippen LogP contribution in [-0.2, 0) is 10.8 Å². The second-order valence-electron chi connectivity index (χ2n) is 6.16. The van der Waals surface area contributed by atoms with Crippen molar-refractivity contribution in [1.82, 2.24) is 14.9 Å². The van der Waals surface area contributed by atoms with Crippen molar-refractivity contribution in [3.05, 3.63) is 29.7 Å². The fraction of sp³-hybridized carbons (Fsp3) is 0.471. The zero-order valence-corrected chi connectivity index (χ0v) is 16.2. The predicted octanol–water partition coefficient (Wildman–Crippen LogP) is 2.61. The van der Waals surface area contributed by atoms with Crippen LogP contribution in [-0.4, -0.2) is 55.8 Å². The lowest BCUT2D eigenvalue weighted by atomic mass is 10.1. The Morgan fingerprint density at radius 2 is 2.24 bits per heavy atom. The summed E-state index contributed by atoms with van der Waals surface area (Å²) in [4.78, 5) is 23.9. The van der Waals surface area contributed by atoms with Gasteiger partial charge < -0.3 is 9.32 Å². The molecule has 1 amide bonds. The molecule has 6 nitrogen and oxygen atoms in total. The molecule has 2 aromatic rings. The average molecular weight is 380 g/mol. The van der Waals surface area contributed by atoms with Gasteiger partial charge in [0.15, 0.2) is 11.6 Å². The highest BCUT2D eigenvalue weighted by atomic mass is 32.2. The minimum atomic E-state index is -0.861. The van der Waals surface area contributed by atoms with E-state index in [0.29, 0.717) is 52.5 Å². The summed E-state index contributed by atoms with van der Waals surface area (Å²) in [7, 11) is -0.861. The van der Waals surface area contributed by atoms with Crippen molar-refractivity contribution in [2.24, 2.45) is 5.92 Å². The lowest BCUT2D eigenvalue weighted by molar-refractivity contribution is 0.0746. The van der Waals surface area contributed by atoms with Gasteiger partial charge in [0.05, 0.1) is 17.5 Å². The fourth-order valence-corrected chi connectivity index (χ4v) is 4.88. The Morgan fingerprint density at radius 1 is 1.44 bits per heavy atom. The Kier molecular flexibility index (Phi) is 5.58. The lowest BCUT2D eigenvalue weighted by Gasteiger charge is -2.23. The maximum absolute atomic E-state index is 13.1. The number of hydrogen-bond donors (Lipinski definition) is 0. The molecule has 0 bridgehead atoms. The van der Waals surface area contributed by atoms with Crippen LogP contribution in [0.3, 0.4) is 0 Å². The summed E-state index contributed by atoms with van der Waals surface area (Å²) in [5.41, 5.74) is 1.16. The topological polar surface area (TPSA) is 76.3 Å². The van der Waals surface area contributed by atoms with Gasteiger partial charge in [-0.3, -0.25) is 9.00 Å². The van der Waals surface area contributed by atoms with Gasteiger partial charge in [-0.1, -0.05) is 6.92 Å². The normalized spacial score (nSPS) is 21.2. The van der Waals surface area contributed by atoms with E-state index in [-0.39, 0.29) is 11.8 Å². The van der Waals surface area contributed by atoms with Gasteiger partial charge in [0.2, 0.25) is 0 Å². The number of aryl methyl sites for hydroxylation is 1.